The van der Waals surface area contributed by atoms with Crippen LogP contribution in [0.1, 0.15) is 28.2 Å². The third-order valence-electron chi connectivity index (χ3n) is 4.67. The number of sulfonamides is 1. The van der Waals surface area contributed by atoms with Crippen molar-refractivity contribution in [1.82, 2.24) is 15.0 Å². The number of hydrogen-bond donors (Lipinski definition) is 2. The number of nitrogens with one attached hydrogen (secondary N) is 2. The van der Waals surface area contributed by atoms with Gasteiger partial charge in [0, 0.05) is 18.7 Å². The Bertz CT molecular complexity index is 1090. The molecule has 0 saturated carbocycles. The zero-order chi connectivity index (χ0) is 20.3. The summed E-state index contributed by atoms with van der Waals surface area (Å²) >= 11 is 1.52. The molecule has 2 heterocycles. The van der Waals surface area contributed by atoms with E-state index in [2.05, 4.69) is 15.0 Å². The number of fused-ring (bicyclic) bond motifs is 1. The van der Waals surface area contributed by atoms with E-state index < -0.39 is 10.0 Å². The Labute approximate surface area is 173 Å². The number of hydrogen-bond acceptors (Lipinski definition) is 6. The quantitative estimate of drug-likeness (QED) is 0.599. The highest BCUT2D eigenvalue weighted by Crippen LogP contribution is 2.21. The summed E-state index contributed by atoms with van der Waals surface area (Å²) in [6.07, 6.45) is 1.69. The van der Waals surface area contributed by atoms with Gasteiger partial charge >= 0.3 is 0 Å². The average molecular weight is 432 g/mol. The van der Waals surface area contributed by atoms with E-state index in [0.717, 1.165) is 28.1 Å². The summed E-state index contributed by atoms with van der Waals surface area (Å²) in [5.74, 6) is -0.347. The van der Waals surface area contributed by atoms with Crippen molar-refractivity contribution in [2.24, 2.45) is 0 Å². The highest BCUT2D eigenvalue weighted by atomic mass is 32.2. The van der Waals surface area contributed by atoms with E-state index in [9.17, 15) is 13.2 Å². The van der Waals surface area contributed by atoms with Crippen LogP contribution in [0.5, 0.6) is 0 Å². The molecule has 7 nitrogen and oxygen atoms in total. The number of aromatic nitrogens is 1. The molecule has 2 aromatic carbocycles. The van der Waals surface area contributed by atoms with Gasteiger partial charge in [-0.1, -0.05) is 18.2 Å². The van der Waals surface area contributed by atoms with E-state index in [1.54, 1.807) is 12.1 Å². The number of thiazole rings is 1. The molecule has 0 aliphatic carbocycles. The number of carbonyl (C=O) groups is 1. The Morgan fingerprint density at radius 3 is 2.86 bits per heavy atom. The fraction of sp³-hybridized carbons (Fsp3) is 0.300. The second-order valence-electron chi connectivity index (χ2n) is 6.77. The van der Waals surface area contributed by atoms with E-state index in [0.29, 0.717) is 6.61 Å². The molecule has 1 aliphatic heterocycles. The zero-order valence-electron chi connectivity index (χ0n) is 15.6. The number of amides is 1. The molecule has 9 heteroatoms. The van der Waals surface area contributed by atoms with Crippen molar-refractivity contribution >= 4 is 37.5 Å². The van der Waals surface area contributed by atoms with Gasteiger partial charge in [-0.15, -0.1) is 11.3 Å². The predicted molar refractivity (Wildman–Crippen MR) is 111 cm³/mol. The van der Waals surface area contributed by atoms with Crippen LogP contribution in [0.2, 0.25) is 0 Å². The van der Waals surface area contributed by atoms with Gasteiger partial charge in [0.25, 0.3) is 5.91 Å². The van der Waals surface area contributed by atoms with Crippen LogP contribution >= 0.6 is 11.3 Å². The standard InChI is InChI=1S/C20H21N3O4S2/c24-20(21-13-19-23-17-8-1-2-9-18(17)28-19)14-5-3-7-16(11-14)29(25,26)22-12-15-6-4-10-27-15/h1-3,5,7-9,11,15,22H,4,6,10,12-13H2,(H,21,24). The molecule has 29 heavy (non-hydrogen) atoms. The normalized spacial score (nSPS) is 16.9. The van der Waals surface area contributed by atoms with Gasteiger partial charge in [0.05, 0.1) is 27.8 Å². The second kappa shape index (κ2) is 8.58. The molecular weight excluding hydrogens is 410 g/mol. The minimum absolute atomic E-state index is 0.0585. The van der Waals surface area contributed by atoms with Gasteiger partial charge in [0.15, 0.2) is 0 Å². The Kier molecular flexibility index (Phi) is 5.91. The molecule has 152 valence electrons. The van der Waals surface area contributed by atoms with Crippen LogP contribution in [0.3, 0.4) is 0 Å². The number of benzene rings is 2. The molecule has 4 rings (SSSR count). The first-order chi connectivity index (χ1) is 14.0. The summed E-state index contributed by atoms with van der Waals surface area (Å²) < 4.78 is 34.1. The van der Waals surface area contributed by atoms with Crippen LogP contribution in [-0.4, -0.2) is 38.6 Å². The molecule has 1 aliphatic rings. The van der Waals surface area contributed by atoms with Crippen molar-refractivity contribution < 1.29 is 17.9 Å². The third-order valence-corrected chi connectivity index (χ3v) is 7.13. The summed E-state index contributed by atoms with van der Waals surface area (Å²) in [6.45, 7) is 1.18. The summed E-state index contributed by atoms with van der Waals surface area (Å²) in [7, 11) is -3.71. The van der Waals surface area contributed by atoms with Crippen LogP contribution in [0.25, 0.3) is 10.2 Å². The monoisotopic (exact) mass is 431 g/mol. The first kappa shape index (κ1) is 20.0. The van der Waals surface area contributed by atoms with Crippen LogP contribution in [0, 0.1) is 0 Å². The predicted octanol–water partition coefficient (Wildman–Crippen LogP) is 2.68. The molecule has 0 radical (unpaired) electrons. The largest absolute Gasteiger partial charge is 0.377 e. The van der Waals surface area contributed by atoms with Crippen LogP contribution in [-0.2, 0) is 21.3 Å². The molecule has 0 bridgehead atoms. The number of nitrogens with zero attached hydrogens (tertiary/aromatic N) is 1. The fourth-order valence-corrected chi connectivity index (χ4v) is 5.17. The summed E-state index contributed by atoms with van der Waals surface area (Å²) in [5.41, 5.74) is 1.18. The minimum Gasteiger partial charge on any atom is -0.377 e. The SMILES string of the molecule is O=C(NCc1nc2ccccc2s1)c1cccc(S(=O)(=O)NCC2CCCO2)c1. The Balaban J connectivity index is 1.40. The van der Waals surface area contributed by atoms with Crippen molar-refractivity contribution in [3.63, 3.8) is 0 Å². The van der Waals surface area contributed by atoms with Crippen molar-refractivity contribution in [3.8, 4) is 0 Å². The lowest BCUT2D eigenvalue weighted by Crippen LogP contribution is -2.32. The molecule has 3 aromatic rings. The second-order valence-corrected chi connectivity index (χ2v) is 9.65. The lowest BCUT2D eigenvalue weighted by molar-refractivity contribution is 0.0950. The molecular formula is C20H21N3O4S2. The first-order valence-electron chi connectivity index (χ1n) is 9.35. The van der Waals surface area contributed by atoms with Gasteiger partial charge in [-0.25, -0.2) is 18.1 Å². The van der Waals surface area contributed by atoms with Crippen LogP contribution < -0.4 is 10.0 Å². The highest BCUT2D eigenvalue weighted by Gasteiger charge is 2.21. The number of carbonyl (C=O) groups excluding carboxylic acids is 1. The van der Waals surface area contributed by atoms with Crippen molar-refractivity contribution in [2.45, 2.75) is 30.4 Å². The van der Waals surface area contributed by atoms with E-state index >= 15 is 0 Å². The lowest BCUT2D eigenvalue weighted by atomic mass is 10.2. The molecule has 1 unspecified atom stereocenters. The van der Waals surface area contributed by atoms with E-state index in [-0.39, 0.29) is 35.6 Å². The van der Waals surface area contributed by atoms with Gasteiger partial charge in [-0.05, 0) is 43.2 Å². The molecule has 1 saturated heterocycles. The summed E-state index contributed by atoms with van der Waals surface area (Å²) in [5, 5.41) is 3.60. The smallest absolute Gasteiger partial charge is 0.251 e. The maximum Gasteiger partial charge on any atom is 0.251 e. The average Bonchev–Trinajstić information content (AvgIpc) is 3.40. The summed E-state index contributed by atoms with van der Waals surface area (Å²) in [6, 6.07) is 13.8. The molecule has 1 atom stereocenters. The Hall–Kier alpha value is -2.33. The van der Waals surface area contributed by atoms with Gasteiger partial charge in [0.2, 0.25) is 10.0 Å². The first-order valence-corrected chi connectivity index (χ1v) is 11.7. The molecule has 2 N–H and O–H groups in total. The fourth-order valence-electron chi connectivity index (χ4n) is 3.15. The van der Waals surface area contributed by atoms with E-state index in [4.69, 9.17) is 4.74 Å². The molecule has 1 amide bonds. The zero-order valence-corrected chi connectivity index (χ0v) is 17.3. The van der Waals surface area contributed by atoms with Crippen LogP contribution in [0.15, 0.2) is 53.4 Å². The highest BCUT2D eigenvalue weighted by molar-refractivity contribution is 7.89. The number of rotatable bonds is 7. The number of ether oxygens (including phenoxy) is 1. The van der Waals surface area contributed by atoms with Crippen molar-refractivity contribution in [2.75, 3.05) is 13.2 Å². The number of para-hydroxylation sites is 1. The maximum atomic E-state index is 12.5. The maximum absolute atomic E-state index is 12.5. The third kappa shape index (κ3) is 4.81. The molecule has 0 spiro atoms. The Morgan fingerprint density at radius 1 is 1.21 bits per heavy atom. The minimum atomic E-state index is -3.71. The van der Waals surface area contributed by atoms with E-state index in [1.807, 2.05) is 24.3 Å². The van der Waals surface area contributed by atoms with Crippen molar-refractivity contribution in [1.29, 1.82) is 0 Å². The van der Waals surface area contributed by atoms with Gasteiger partial charge < -0.3 is 10.1 Å². The Morgan fingerprint density at radius 2 is 2.07 bits per heavy atom. The van der Waals surface area contributed by atoms with Crippen molar-refractivity contribution in [3.05, 3.63) is 59.1 Å². The summed E-state index contributed by atoms with van der Waals surface area (Å²) in [4.78, 5) is 17.1. The molecule has 1 aromatic heterocycles. The van der Waals surface area contributed by atoms with E-state index in [1.165, 1.54) is 23.5 Å². The lowest BCUT2D eigenvalue weighted by Gasteiger charge is -2.12. The van der Waals surface area contributed by atoms with Gasteiger partial charge in [-0.2, -0.15) is 0 Å². The molecule has 1 fully saturated rings. The topological polar surface area (TPSA) is 97.4 Å². The van der Waals surface area contributed by atoms with Gasteiger partial charge in [-0.3, -0.25) is 4.79 Å². The van der Waals surface area contributed by atoms with Gasteiger partial charge in [0.1, 0.15) is 5.01 Å². The van der Waals surface area contributed by atoms with Crippen LogP contribution in [0.4, 0.5) is 0 Å².